The molecule has 0 aliphatic carbocycles. The zero-order valence-corrected chi connectivity index (χ0v) is 14.1. The third-order valence-corrected chi connectivity index (χ3v) is 3.83. The number of hydrogen-bond donors (Lipinski definition) is 2. The molecule has 0 aliphatic heterocycles. The summed E-state index contributed by atoms with van der Waals surface area (Å²) in [7, 11) is -6.97. The van der Waals surface area contributed by atoms with Gasteiger partial charge in [0.05, 0.1) is 23.8 Å². The number of hydrogen-bond acceptors (Lipinski definition) is 6. The SMILES string of the molecule is CS(=O)(=O)O.N#CCNC(=O)CCS(=O)(=O)Cc1ccccc1. The lowest BCUT2D eigenvalue weighted by molar-refractivity contribution is -0.120. The lowest BCUT2D eigenvalue weighted by atomic mass is 10.2. The number of amides is 1. The first-order valence-electron chi connectivity index (χ1n) is 6.34. The fourth-order valence-corrected chi connectivity index (χ4v) is 2.72. The molecular formula is C13H18N2O6S2. The Hall–Kier alpha value is -1.96. The van der Waals surface area contributed by atoms with Crippen LogP contribution >= 0.6 is 0 Å². The van der Waals surface area contributed by atoms with E-state index in [2.05, 4.69) is 5.32 Å². The molecule has 0 bridgehead atoms. The minimum absolute atomic E-state index is 0.0701. The summed E-state index contributed by atoms with van der Waals surface area (Å²) in [4.78, 5) is 11.2. The van der Waals surface area contributed by atoms with Gasteiger partial charge in [0.2, 0.25) is 5.91 Å². The lowest BCUT2D eigenvalue weighted by Crippen LogP contribution is -2.26. The summed E-state index contributed by atoms with van der Waals surface area (Å²) in [5.41, 5.74) is 0.704. The van der Waals surface area contributed by atoms with Crippen molar-refractivity contribution in [2.75, 3.05) is 18.6 Å². The molecule has 1 rings (SSSR count). The van der Waals surface area contributed by atoms with Crippen molar-refractivity contribution in [2.24, 2.45) is 0 Å². The Labute approximate surface area is 135 Å². The molecular weight excluding hydrogens is 344 g/mol. The molecule has 0 aliphatic rings. The first kappa shape index (κ1) is 21.0. The second-order valence-corrected chi connectivity index (χ2v) is 8.15. The highest BCUT2D eigenvalue weighted by atomic mass is 32.2. The van der Waals surface area contributed by atoms with E-state index >= 15 is 0 Å². The van der Waals surface area contributed by atoms with E-state index in [0.717, 1.165) is 0 Å². The van der Waals surface area contributed by atoms with Crippen molar-refractivity contribution in [3.05, 3.63) is 35.9 Å². The second-order valence-electron chi connectivity index (χ2n) is 4.50. The van der Waals surface area contributed by atoms with Crippen LogP contribution in [0.3, 0.4) is 0 Å². The number of carbonyl (C=O) groups excluding carboxylic acids is 1. The highest BCUT2D eigenvalue weighted by Crippen LogP contribution is 2.07. The first-order chi connectivity index (χ1) is 10.5. The predicted octanol–water partition coefficient (Wildman–Crippen LogP) is 0.135. The van der Waals surface area contributed by atoms with E-state index in [1.807, 2.05) is 6.07 Å². The van der Waals surface area contributed by atoms with Crippen LogP contribution in [0.2, 0.25) is 0 Å². The number of nitriles is 1. The predicted molar refractivity (Wildman–Crippen MR) is 84.6 cm³/mol. The average molecular weight is 362 g/mol. The van der Waals surface area contributed by atoms with E-state index in [1.54, 1.807) is 30.3 Å². The van der Waals surface area contributed by atoms with Gasteiger partial charge in [-0.05, 0) is 5.56 Å². The summed E-state index contributed by atoms with van der Waals surface area (Å²) >= 11 is 0. The standard InChI is InChI=1S/C12H14N2O3S.CH4O3S/c13-7-8-14-12(15)6-9-18(16,17)10-11-4-2-1-3-5-11;1-5(2,3)4/h1-5H,6,8-10H2,(H,14,15);1H3,(H,2,3,4). The average Bonchev–Trinajstić information content (AvgIpc) is 2.42. The zero-order valence-electron chi connectivity index (χ0n) is 12.5. The largest absolute Gasteiger partial charge is 0.343 e. The van der Waals surface area contributed by atoms with Gasteiger partial charge >= 0.3 is 0 Å². The van der Waals surface area contributed by atoms with Gasteiger partial charge in [0.15, 0.2) is 9.84 Å². The van der Waals surface area contributed by atoms with E-state index in [4.69, 9.17) is 9.81 Å². The van der Waals surface area contributed by atoms with Gasteiger partial charge in [-0.15, -0.1) is 0 Å². The Bertz CT molecular complexity index is 728. The van der Waals surface area contributed by atoms with Crippen molar-refractivity contribution in [3.63, 3.8) is 0 Å². The normalized spacial score (nSPS) is 10.8. The van der Waals surface area contributed by atoms with Gasteiger partial charge in [0.1, 0.15) is 6.54 Å². The fourth-order valence-electron chi connectivity index (χ4n) is 1.38. The van der Waals surface area contributed by atoms with Crippen LogP contribution in [-0.2, 0) is 30.5 Å². The smallest absolute Gasteiger partial charge is 0.261 e. The Balaban J connectivity index is 0.000000841. The Kier molecular flexibility index (Phi) is 9.09. The van der Waals surface area contributed by atoms with Crippen LogP contribution in [0, 0.1) is 11.3 Å². The maximum Gasteiger partial charge on any atom is 0.261 e. The van der Waals surface area contributed by atoms with Crippen molar-refractivity contribution in [3.8, 4) is 6.07 Å². The third kappa shape index (κ3) is 14.7. The van der Waals surface area contributed by atoms with E-state index in [0.29, 0.717) is 11.8 Å². The molecule has 1 aromatic carbocycles. The minimum atomic E-state index is -3.67. The van der Waals surface area contributed by atoms with Crippen LogP contribution < -0.4 is 5.32 Å². The topological polar surface area (TPSA) is 141 Å². The van der Waals surface area contributed by atoms with Gasteiger partial charge in [-0.3, -0.25) is 9.35 Å². The first-order valence-corrected chi connectivity index (χ1v) is 10.0. The van der Waals surface area contributed by atoms with E-state index in [9.17, 15) is 21.6 Å². The number of rotatable bonds is 6. The number of sulfone groups is 1. The number of carbonyl (C=O) groups is 1. The molecule has 0 heterocycles. The molecule has 128 valence electrons. The van der Waals surface area contributed by atoms with Crippen LogP contribution in [-0.4, -0.2) is 45.8 Å². The van der Waals surface area contributed by atoms with Crippen LogP contribution in [0.1, 0.15) is 12.0 Å². The summed E-state index contributed by atoms with van der Waals surface area (Å²) in [6.07, 6.45) is 0.601. The van der Waals surface area contributed by atoms with Gasteiger partial charge in [-0.25, -0.2) is 8.42 Å². The molecule has 2 N–H and O–H groups in total. The Morgan fingerprint density at radius 2 is 1.74 bits per heavy atom. The molecule has 1 aromatic rings. The van der Waals surface area contributed by atoms with Gasteiger partial charge in [0, 0.05) is 6.42 Å². The van der Waals surface area contributed by atoms with Crippen molar-refractivity contribution >= 4 is 25.9 Å². The zero-order chi connectivity index (χ0) is 17.9. The summed E-state index contributed by atoms with van der Waals surface area (Å²) in [6.45, 7) is -0.0996. The Morgan fingerprint density at radius 1 is 1.22 bits per heavy atom. The number of nitrogens with one attached hydrogen (secondary N) is 1. The van der Waals surface area contributed by atoms with Crippen LogP contribution in [0.4, 0.5) is 0 Å². The molecule has 0 fully saturated rings. The van der Waals surface area contributed by atoms with Gasteiger partial charge in [0.25, 0.3) is 10.1 Å². The molecule has 0 radical (unpaired) electrons. The maximum absolute atomic E-state index is 11.7. The molecule has 0 saturated heterocycles. The van der Waals surface area contributed by atoms with E-state index < -0.39 is 25.9 Å². The van der Waals surface area contributed by atoms with Crippen molar-refractivity contribution < 1.29 is 26.2 Å². The molecule has 1 amide bonds. The minimum Gasteiger partial charge on any atom is -0.343 e. The van der Waals surface area contributed by atoms with Crippen LogP contribution in [0.5, 0.6) is 0 Å². The highest BCUT2D eigenvalue weighted by Gasteiger charge is 2.14. The van der Waals surface area contributed by atoms with Gasteiger partial charge in [-0.1, -0.05) is 30.3 Å². The summed E-state index contributed by atoms with van der Waals surface area (Å²) in [5.74, 6) is -0.702. The fraction of sp³-hybridized carbons (Fsp3) is 0.385. The van der Waals surface area contributed by atoms with Gasteiger partial charge < -0.3 is 5.32 Å². The van der Waals surface area contributed by atoms with Crippen molar-refractivity contribution in [2.45, 2.75) is 12.2 Å². The molecule has 0 spiro atoms. The molecule has 0 unspecified atom stereocenters. The van der Waals surface area contributed by atoms with E-state index in [1.165, 1.54) is 0 Å². The molecule has 0 aromatic heterocycles. The molecule has 8 nitrogen and oxygen atoms in total. The highest BCUT2D eigenvalue weighted by molar-refractivity contribution is 7.90. The van der Waals surface area contributed by atoms with Crippen molar-refractivity contribution in [1.82, 2.24) is 5.32 Å². The van der Waals surface area contributed by atoms with Crippen LogP contribution in [0.25, 0.3) is 0 Å². The number of benzene rings is 1. The van der Waals surface area contributed by atoms with E-state index in [-0.39, 0.29) is 24.5 Å². The monoisotopic (exact) mass is 362 g/mol. The van der Waals surface area contributed by atoms with Crippen molar-refractivity contribution in [1.29, 1.82) is 5.26 Å². The molecule has 0 saturated carbocycles. The lowest BCUT2D eigenvalue weighted by Gasteiger charge is -2.04. The summed E-state index contributed by atoms with van der Waals surface area (Å²) in [5, 5.41) is 10.6. The third-order valence-electron chi connectivity index (χ3n) is 2.23. The van der Waals surface area contributed by atoms with Crippen LogP contribution in [0.15, 0.2) is 30.3 Å². The molecule has 23 heavy (non-hydrogen) atoms. The number of nitrogens with zero attached hydrogens (tertiary/aromatic N) is 1. The van der Waals surface area contributed by atoms with Gasteiger partial charge in [-0.2, -0.15) is 13.7 Å². The quantitative estimate of drug-likeness (QED) is 0.541. The molecule has 10 heteroatoms. The second kappa shape index (κ2) is 9.94. The summed E-state index contributed by atoms with van der Waals surface area (Å²) in [6, 6.07) is 10.6. The molecule has 0 atom stereocenters. The summed E-state index contributed by atoms with van der Waals surface area (Å²) < 4.78 is 49.3. The Morgan fingerprint density at radius 3 is 2.22 bits per heavy atom. The maximum atomic E-state index is 11.7.